The summed E-state index contributed by atoms with van der Waals surface area (Å²) >= 11 is 3.40. The van der Waals surface area contributed by atoms with E-state index in [2.05, 4.69) is 36.4 Å². The number of benzene rings is 3. The molecule has 0 saturated carbocycles. The zero-order valence-electron chi connectivity index (χ0n) is 20.9. The van der Waals surface area contributed by atoms with E-state index in [1.165, 1.54) is 24.3 Å². The minimum absolute atomic E-state index is 0.105. The van der Waals surface area contributed by atoms with Crippen LogP contribution in [-0.2, 0) is 14.9 Å². The number of hydrogen-bond acceptors (Lipinski definition) is 9. The van der Waals surface area contributed by atoms with Crippen molar-refractivity contribution in [3.05, 3.63) is 71.2 Å². The Morgan fingerprint density at radius 3 is 2.13 bits per heavy atom. The summed E-state index contributed by atoms with van der Waals surface area (Å²) in [6.07, 6.45) is 0. The minimum Gasteiger partial charge on any atom is -0.744 e. The van der Waals surface area contributed by atoms with E-state index in [1.54, 1.807) is 0 Å². The van der Waals surface area contributed by atoms with E-state index in [0.717, 1.165) is 72.1 Å². The van der Waals surface area contributed by atoms with E-state index < -0.39 is 10.1 Å². The predicted molar refractivity (Wildman–Crippen MR) is 147 cm³/mol. The third-order valence-corrected chi connectivity index (χ3v) is 8.01. The summed E-state index contributed by atoms with van der Waals surface area (Å²) in [5, 5.41) is 29.1. The number of halogens is 1. The number of quaternary nitrogens is 1. The number of azo groups is 1. The van der Waals surface area contributed by atoms with Crippen molar-refractivity contribution in [2.45, 2.75) is 4.90 Å². The highest BCUT2D eigenvalue weighted by molar-refractivity contribution is 9.10. The Balaban J connectivity index is 0.000000181. The molecule has 0 aliphatic carbocycles. The maximum Gasteiger partial charge on any atom is 0.279 e. The molecular formula is C26H28BrN5O6S. The molecule has 6 rings (SSSR count). The summed E-state index contributed by atoms with van der Waals surface area (Å²) in [5.74, 6) is -0.211. The van der Waals surface area contributed by atoms with Crippen LogP contribution in [0, 0.1) is 0 Å². The molecule has 3 aromatic rings. The van der Waals surface area contributed by atoms with Gasteiger partial charge in [-0.2, -0.15) is 5.11 Å². The lowest BCUT2D eigenvalue weighted by Gasteiger charge is -2.50. The monoisotopic (exact) mass is 617 g/mol. The van der Waals surface area contributed by atoms with Gasteiger partial charge in [-0.25, -0.2) is 8.42 Å². The number of fused-ring (bicyclic) bond motifs is 3. The van der Waals surface area contributed by atoms with E-state index in [-0.39, 0.29) is 28.0 Å². The van der Waals surface area contributed by atoms with Gasteiger partial charge in [-0.1, -0.05) is 15.9 Å². The second-order valence-corrected chi connectivity index (χ2v) is 11.7. The molecule has 13 heteroatoms. The van der Waals surface area contributed by atoms with Gasteiger partial charge in [0.25, 0.3) is 5.91 Å². The molecule has 3 aliphatic heterocycles. The second kappa shape index (κ2) is 12.2. The van der Waals surface area contributed by atoms with Crippen LogP contribution in [0.2, 0.25) is 0 Å². The number of rotatable bonds is 6. The molecule has 3 N–H and O–H groups in total. The van der Waals surface area contributed by atoms with Crippen LogP contribution in [0.5, 0.6) is 11.5 Å². The number of carbonyl (C=O) groups is 1. The summed E-state index contributed by atoms with van der Waals surface area (Å²) in [6, 6.07) is 16.4. The van der Waals surface area contributed by atoms with Gasteiger partial charge in [-0.15, -0.1) is 5.11 Å². The van der Waals surface area contributed by atoms with Crippen molar-refractivity contribution < 1.29 is 32.5 Å². The maximum absolute atomic E-state index is 12.2. The van der Waals surface area contributed by atoms with E-state index in [4.69, 9.17) is 5.11 Å². The summed E-state index contributed by atoms with van der Waals surface area (Å²) in [7, 11) is -4.49. The average Bonchev–Trinajstić information content (AvgIpc) is 2.90. The van der Waals surface area contributed by atoms with Crippen molar-refractivity contribution in [2.75, 3.05) is 51.1 Å². The van der Waals surface area contributed by atoms with E-state index >= 15 is 0 Å². The van der Waals surface area contributed by atoms with Gasteiger partial charge in [0, 0.05) is 35.9 Å². The number of phenols is 2. The van der Waals surface area contributed by atoms with Gasteiger partial charge in [0.05, 0.1) is 30.2 Å². The van der Waals surface area contributed by atoms with Crippen molar-refractivity contribution in [3.8, 4) is 11.5 Å². The average molecular weight is 619 g/mol. The van der Waals surface area contributed by atoms with Crippen LogP contribution in [0.25, 0.3) is 0 Å². The summed E-state index contributed by atoms with van der Waals surface area (Å²) in [5.41, 5.74) is 1.33. The molecule has 1 amide bonds. The Bertz CT molecular complexity index is 1430. The van der Waals surface area contributed by atoms with Crippen LogP contribution in [-0.4, -0.2) is 84.3 Å². The Labute approximate surface area is 234 Å². The van der Waals surface area contributed by atoms with Crippen molar-refractivity contribution >= 4 is 49.0 Å². The highest BCUT2D eigenvalue weighted by Gasteiger charge is 2.39. The Hall–Kier alpha value is -3.36. The molecule has 206 valence electrons. The first-order valence-electron chi connectivity index (χ1n) is 12.1. The molecule has 0 unspecified atom stereocenters. The molecule has 2 bridgehead atoms. The highest BCUT2D eigenvalue weighted by atomic mass is 79.9. The lowest BCUT2D eigenvalue weighted by atomic mass is 10.1. The standard InChI is InChI=1S/C14H18BrN3O.C12H10N2O5S/c15-12-1-3-13(4-2-12)16-14(19)11-18-8-5-17(6-9-18)7-10-18;15-9-3-6-11(12(16)7-9)14-13-8-1-4-10(5-2-8)20(17,18)19/h1-4H,5-11H2;1-7,15-16H,(H,17,18,19). The molecule has 0 spiro atoms. The van der Waals surface area contributed by atoms with Gasteiger partial charge in [-0.3, -0.25) is 9.69 Å². The minimum atomic E-state index is -4.49. The quantitative estimate of drug-likeness (QED) is 0.215. The number of aromatic hydroxyl groups is 2. The number of nitrogens with zero attached hydrogens (tertiary/aromatic N) is 4. The number of amides is 1. The van der Waals surface area contributed by atoms with E-state index in [1.807, 2.05) is 24.3 Å². The topological polar surface area (TPSA) is 155 Å². The number of carbonyl (C=O) groups excluding carboxylic acids is 1. The summed E-state index contributed by atoms with van der Waals surface area (Å²) in [4.78, 5) is 14.3. The van der Waals surface area contributed by atoms with Crippen LogP contribution >= 0.6 is 15.9 Å². The van der Waals surface area contributed by atoms with Gasteiger partial charge >= 0.3 is 0 Å². The molecule has 39 heavy (non-hydrogen) atoms. The number of hydrogen-bond donors (Lipinski definition) is 3. The van der Waals surface area contributed by atoms with Gasteiger partial charge < -0.3 is 24.6 Å². The molecule has 3 heterocycles. The first-order chi connectivity index (χ1) is 18.5. The fourth-order valence-corrected chi connectivity index (χ4v) is 5.13. The Kier molecular flexibility index (Phi) is 8.97. The van der Waals surface area contributed by atoms with Crippen LogP contribution in [0.1, 0.15) is 0 Å². The van der Waals surface area contributed by atoms with Crippen LogP contribution in [0.15, 0.2) is 86.3 Å². The lowest BCUT2D eigenvalue weighted by molar-refractivity contribution is -0.933. The molecule has 3 fully saturated rings. The third kappa shape index (κ3) is 8.07. The number of phenolic OH excluding ortho intramolecular Hbond substituents is 2. The van der Waals surface area contributed by atoms with Crippen molar-refractivity contribution in [3.63, 3.8) is 0 Å². The van der Waals surface area contributed by atoms with Crippen molar-refractivity contribution in [2.24, 2.45) is 10.2 Å². The second-order valence-electron chi connectivity index (χ2n) is 9.39. The first kappa shape index (κ1) is 28.6. The van der Waals surface area contributed by atoms with E-state index in [9.17, 15) is 22.9 Å². The smallest absolute Gasteiger partial charge is 0.279 e. The van der Waals surface area contributed by atoms with Gasteiger partial charge in [0.2, 0.25) is 0 Å². The molecule has 0 aromatic heterocycles. The number of nitrogens with one attached hydrogen (secondary N) is 1. The zero-order chi connectivity index (χ0) is 28.0. The number of anilines is 1. The molecule has 0 radical (unpaired) electrons. The largest absolute Gasteiger partial charge is 0.744 e. The molecule has 3 aromatic carbocycles. The predicted octanol–water partition coefficient (Wildman–Crippen LogP) is 3.95. The van der Waals surface area contributed by atoms with Crippen LogP contribution < -0.4 is 5.32 Å². The summed E-state index contributed by atoms with van der Waals surface area (Å²) < 4.78 is 34.2. The Morgan fingerprint density at radius 2 is 1.56 bits per heavy atom. The normalized spacial score (nSPS) is 20.3. The fourth-order valence-electron chi connectivity index (χ4n) is 4.39. The first-order valence-corrected chi connectivity index (χ1v) is 14.3. The number of piperazine rings is 3. The Morgan fingerprint density at radius 1 is 0.949 bits per heavy atom. The molecule has 11 nitrogen and oxygen atoms in total. The molecule has 0 atom stereocenters. The van der Waals surface area contributed by atoms with Gasteiger partial charge in [-0.05, 0) is 60.7 Å². The SMILES string of the molecule is O=C(C[N+]12CCN(CC1)CC2)Nc1ccc(Br)cc1.O=S(=O)([O-])c1ccc(N=Nc2ccc(O)cc2O)cc1. The molecule has 3 saturated heterocycles. The maximum atomic E-state index is 12.2. The van der Waals surface area contributed by atoms with Crippen LogP contribution in [0.3, 0.4) is 0 Å². The fraction of sp³-hybridized carbons (Fsp3) is 0.269. The zero-order valence-corrected chi connectivity index (χ0v) is 23.3. The lowest BCUT2D eigenvalue weighted by Crippen LogP contribution is -2.68. The van der Waals surface area contributed by atoms with Gasteiger partial charge in [0.1, 0.15) is 27.3 Å². The van der Waals surface area contributed by atoms with Crippen molar-refractivity contribution in [1.29, 1.82) is 0 Å². The summed E-state index contributed by atoms with van der Waals surface area (Å²) in [6.45, 7) is 7.40. The van der Waals surface area contributed by atoms with Crippen LogP contribution in [0.4, 0.5) is 17.1 Å². The van der Waals surface area contributed by atoms with Crippen molar-refractivity contribution in [1.82, 2.24) is 4.90 Å². The molecule has 3 aliphatic rings. The van der Waals surface area contributed by atoms with Gasteiger partial charge in [0.15, 0.2) is 6.54 Å². The van der Waals surface area contributed by atoms with E-state index in [0.29, 0.717) is 12.2 Å². The highest BCUT2D eigenvalue weighted by Crippen LogP contribution is 2.31. The molecular weight excluding hydrogens is 590 g/mol. The third-order valence-electron chi connectivity index (χ3n) is 6.64.